The van der Waals surface area contributed by atoms with Crippen LogP contribution in [0.5, 0.6) is 0 Å². The number of carbonyl (C=O) groups excluding carboxylic acids is 1. The Morgan fingerprint density at radius 1 is 1.21 bits per heavy atom. The molecule has 0 bridgehead atoms. The van der Waals surface area contributed by atoms with E-state index in [-0.39, 0.29) is 18.5 Å². The van der Waals surface area contributed by atoms with Crippen molar-refractivity contribution in [3.63, 3.8) is 0 Å². The Labute approximate surface area is 173 Å². The van der Waals surface area contributed by atoms with Crippen LogP contribution in [0.25, 0.3) is 6.08 Å². The van der Waals surface area contributed by atoms with Crippen LogP contribution in [-0.4, -0.2) is 31.8 Å². The van der Waals surface area contributed by atoms with Gasteiger partial charge in [0.05, 0.1) is 19.3 Å². The van der Waals surface area contributed by atoms with Crippen molar-refractivity contribution in [1.82, 2.24) is 19.9 Å². The molecule has 0 N–H and O–H groups in total. The minimum absolute atomic E-state index is 0.122. The highest BCUT2D eigenvalue weighted by molar-refractivity contribution is 6.31. The summed E-state index contributed by atoms with van der Waals surface area (Å²) in [6.07, 6.45) is 6.71. The van der Waals surface area contributed by atoms with Crippen molar-refractivity contribution in [3.8, 4) is 0 Å². The van der Waals surface area contributed by atoms with Crippen molar-refractivity contribution in [1.29, 1.82) is 0 Å². The Bertz CT molecular complexity index is 1010. The third kappa shape index (κ3) is 4.90. The Morgan fingerprint density at radius 3 is 2.72 bits per heavy atom. The first-order valence-corrected chi connectivity index (χ1v) is 9.83. The molecule has 5 nitrogen and oxygen atoms in total. The van der Waals surface area contributed by atoms with Crippen molar-refractivity contribution in [2.24, 2.45) is 0 Å². The van der Waals surface area contributed by atoms with Gasteiger partial charge >= 0.3 is 0 Å². The number of carbonyl (C=O) groups is 1. The number of benzene rings is 2. The van der Waals surface area contributed by atoms with Crippen molar-refractivity contribution < 1.29 is 9.18 Å². The second-order valence-electron chi connectivity index (χ2n) is 7.06. The molecule has 0 unspecified atom stereocenters. The normalized spacial score (nSPS) is 13.7. The van der Waals surface area contributed by atoms with E-state index < -0.39 is 5.82 Å². The van der Waals surface area contributed by atoms with Gasteiger partial charge in [0, 0.05) is 22.7 Å². The highest BCUT2D eigenvalue weighted by atomic mass is 35.5. The lowest BCUT2D eigenvalue weighted by Crippen LogP contribution is -2.31. The standard InChI is InChI=1S/C22H20ClFN4O/c23-20-7-4-8-21(24)19(20)15-28(18-10-11-18)22(29)12-9-17-14-27(26-25-17)13-16-5-2-1-3-6-16/h1-9,12,14,18H,10-11,13,15H2/b12-9+. The van der Waals surface area contributed by atoms with E-state index >= 15 is 0 Å². The molecular weight excluding hydrogens is 391 g/mol. The number of hydrogen-bond donors (Lipinski definition) is 0. The van der Waals surface area contributed by atoms with Crippen LogP contribution in [-0.2, 0) is 17.9 Å². The first-order valence-electron chi connectivity index (χ1n) is 9.46. The molecule has 0 saturated heterocycles. The number of aromatic nitrogens is 3. The lowest BCUT2D eigenvalue weighted by Gasteiger charge is -2.21. The summed E-state index contributed by atoms with van der Waals surface area (Å²) in [6, 6.07) is 14.6. The summed E-state index contributed by atoms with van der Waals surface area (Å²) in [7, 11) is 0. The summed E-state index contributed by atoms with van der Waals surface area (Å²) in [5.41, 5.74) is 2.05. The quantitative estimate of drug-likeness (QED) is 0.545. The molecule has 7 heteroatoms. The van der Waals surface area contributed by atoms with E-state index in [0.717, 1.165) is 18.4 Å². The summed E-state index contributed by atoms with van der Waals surface area (Å²) in [4.78, 5) is 14.4. The Balaban J connectivity index is 1.44. The second-order valence-corrected chi connectivity index (χ2v) is 7.46. The smallest absolute Gasteiger partial charge is 0.247 e. The fourth-order valence-electron chi connectivity index (χ4n) is 3.12. The van der Waals surface area contributed by atoms with Crippen LogP contribution < -0.4 is 0 Å². The minimum Gasteiger partial charge on any atom is -0.332 e. The summed E-state index contributed by atoms with van der Waals surface area (Å²) in [6.45, 7) is 0.760. The number of nitrogens with zero attached hydrogens (tertiary/aromatic N) is 4. The molecule has 3 aromatic rings. The SMILES string of the molecule is O=C(/C=C/c1cn(Cc2ccccc2)nn1)N(Cc1c(F)cccc1Cl)C1CC1. The molecule has 1 fully saturated rings. The Kier molecular flexibility index (Phi) is 5.71. The first-order chi connectivity index (χ1) is 14.1. The van der Waals surface area contributed by atoms with Crippen LogP contribution in [0.1, 0.15) is 29.7 Å². The highest BCUT2D eigenvalue weighted by Gasteiger charge is 2.32. The zero-order valence-electron chi connectivity index (χ0n) is 15.7. The second kappa shape index (κ2) is 8.57. The van der Waals surface area contributed by atoms with Gasteiger partial charge in [-0.25, -0.2) is 9.07 Å². The molecule has 0 radical (unpaired) electrons. The molecule has 0 aliphatic heterocycles. The number of rotatable bonds is 7. The van der Waals surface area contributed by atoms with Crippen LogP contribution in [0, 0.1) is 5.82 Å². The maximum atomic E-state index is 14.1. The molecule has 0 spiro atoms. The van der Waals surface area contributed by atoms with Crippen LogP contribution in [0.15, 0.2) is 60.8 Å². The zero-order valence-corrected chi connectivity index (χ0v) is 16.5. The number of halogens is 2. The van der Waals surface area contributed by atoms with Gasteiger partial charge in [-0.15, -0.1) is 5.10 Å². The van der Waals surface area contributed by atoms with Crippen molar-refractivity contribution in [2.45, 2.75) is 32.0 Å². The fourth-order valence-corrected chi connectivity index (χ4v) is 3.34. The molecule has 0 atom stereocenters. The summed E-state index contributed by atoms with van der Waals surface area (Å²) in [5.74, 6) is -0.590. The maximum absolute atomic E-state index is 14.1. The molecule has 2 aromatic carbocycles. The van der Waals surface area contributed by atoms with Gasteiger partial charge in [0.1, 0.15) is 11.5 Å². The van der Waals surface area contributed by atoms with Crippen molar-refractivity contribution >= 4 is 23.6 Å². The van der Waals surface area contributed by atoms with Gasteiger partial charge < -0.3 is 4.90 Å². The van der Waals surface area contributed by atoms with E-state index in [9.17, 15) is 9.18 Å². The van der Waals surface area contributed by atoms with Gasteiger partial charge in [-0.05, 0) is 36.6 Å². The molecule has 1 amide bonds. The van der Waals surface area contributed by atoms with Gasteiger partial charge in [-0.1, -0.05) is 53.2 Å². The maximum Gasteiger partial charge on any atom is 0.247 e. The third-order valence-electron chi connectivity index (χ3n) is 4.80. The van der Waals surface area contributed by atoms with E-state index in [1.165, 1.54) is 12.1 Å². The van der Waals surface area contributed by atoms with E-state index in [4.69, 9.17) is 11.6 Å². The lowest BCUT2D eigenvalue weighted by atomic mass is 10.2. The van der Waals surface area contributed by atoms with E-state index in [0.29, 0.717) is 22.8 Å². The van der Waals surface area contributed by atoms with E-state index in [1.807, 2.05) is 30.3 Å². The molecule has 1 aromatic heterocycles. The number of amides is 1. The van der Waals surface area contributed by atoms with Gasteiger partial charge in [0.2, 0.25) is 5.91 Å². The highest BCUT2D eigenvalue weighted by Crippen LogP contribution is 2.31. The van der Waals surface area contributed by atoms with Gasteiger partial charge in [-0.2, -0.15) is 0 Å². The molecule has 29 heavy (non-hydrogen) atoms. The predicted octanol–water partition coefficient (Wildman–Crippen LogP) is 4.32. The minimum atomic E-state index is -0.399. The number of hydrogen-bond acceptors (Lipinski definition) is 3. The van der Waals surface area contributed by atoms with Gasteiger partial charge in [-0.3, -0.25) is 4.79 Å². The lowest BCUT2D eigenvalue weighted by molar-refractivity contribution is -0.127. The third-order valence-corrected chi connectivity index (χ3v) is 5.16. The van der Waals surface area contributed by atoms with Gasteiger partial charge in [0.15, 0.2) is 0 Å². The van der Waals surface area contributed by atoms with Crippen LogP contribution in [0.4, 0.5) is 4.39 Å². The summed E-state index contributed by atoms with van der Waals surface area (Å²) in [5, 5.41) is 8.52. The molecule has 1 aliphatic rings. The summed E-state index contributed by atoms with van der Waals surface area (Å²) >= 11 is 6.13. The van der Waals surface area contributed by atoms with E-state index in [2.05, 4.69) is 10.3 Å². The monoisotopic (exact) mass is 410 g/mol. The zero-order chi connectivity index (χ0) is 20.2. The van der Waals surface area contributed by atoms with Crippen LogP contribution in [0.2, 0.25) is 5.02 Å². The Morgan fingerprint density at radius 2 is 2.00 bits per heavy atom. The Hall–Kier alpha value is -2.99. The average molecular weight is 411 g/mol. The largest absolute Gasteiger partial charge is 0.332 e. The molecule has 1 saturated carbocycles. The average Bonchev–Trinajstić information content (AvgIpc) is 3.46. The molecule has 1 heterocycles. The molecule has 1 aliphatic carbocycles. The van der Waals surface area contributed by atoms with Crippen LogP contribution >= 0.6 is 11.6 Å². The first kappa shape index (κ1) is 19.3. The van der Waals surface area contributed by atoms with Crippen molar-refractivity contribution in [2.75, 3.05) is 0 Å². The molecule has 148 valence electrons. The van der Waals surface area contributed by atoms with Crippen LogP contribution in [0.3, 0.4) is 0 Å². The topological polar surface area (TPSA) is 51.0 Å². The molecule has 4 rings (SSSR count). The van der Waals surface area contributed by atoms with Crippen molar-refractivity contribution in [3.05, 3.63) is 88.5 Å². The predicted molar refractivity (Wildman–Crippen MR) is 110 cm³/mol. The van der Waals surface area contributed by atoms with E-state index in [1.54, 1.807) is 34.0 Å². The summed E-state index contributed by atoms with van der Waals surface area (Å²) < 4.78 is 15.8. The molecular formula is C22H20ClFN4O. The fraction of sp³-hybridized carbons (Fsp3) is 0.227. The van der Waals surface area contributed by atoms with Gasteiger partial charge in [0.25, 0.3) is 0 Å².